The van der Waals surface area contributed by atoms with E-state index in [2.05, 4.69) is 10.1 Å². The van der Waals surface area contributed by atoms with E-state index in [1.165, 1.54) is 0 Å². The summed E-state index contributed by atoms with van der Waals surface area (Å²) < 4.78 is 6.97. The van der Waals surface area contributed by atoms with Gasteiger partial charge in [-0.05, 0) is 44.5 Å². The molecule has 0 aliphatic carbocycles. The summed E-state index contributed by atoms with van der Waals surface area (Å²) in [5.41, 5.74) is 3.25. The number of rotatable bonds is 3. The molecular weight excluding hydrogens is 342 g/mol. The van der Waals surface area contributed by atoms with Crippen LogP contribution in [0.3, 0.4) is 0 Å². The SMILES string of the molecule is CCn1c(=O)c(-c2nc(-c3cc(C)ccc3C)no2)c(O)c2ccccc21. The molecule has 27 heavy (non-hydrogen) atoms. The van der Waals surface area contributed by atoms with Gasteiger partial charge in [0.2, 0.25) is 5.82 Å². The zero-order valence-corrected chi connectivity index (χ0v) is 15.4. The summed E-state index contributed by atoms with van der Waals surface area (Å²) in [5.74, 6) is 0.263. The highest BCUT2D eigenvalue weighted by Crippen LogP contribution is 2.33. The molecule has 0 fully saturated rings. The minimum Gasteiger partial charge on any atom is -0.506 e. The molecule has 2 heterocycles. The van der Waals surface area contributed by atoms with E-state index in [9.17, 15) is 9.90 Å². The molecule has 0 atom stereocenters. The lowest BCUT2D eigenvalue weighted by molar-refractivity contribution is 0.425. The van der Waals surface area contributed by atoms with Crippen molar-refractivity contribution in [1.29, 1.82) is 0 Å². The van der Waals surface area contributed by atoms with Crippen molar-refractivity contribution in [3.63, 3.8) is 0 Å². The molecule has 2 aromatic carbocycles. The first kappa shape index (κ1) is 17.0. The second-order valence-electron chi connectivity index (χ2n) is 6.53. The molecule has 0 unspecified atom stereocenters. The Morgan fingerprint density at radius 1 is 1.15 bits per heavy atom. The normalized spacial score (nSPS) is 11.2. The fourth-order valence-electron chi connectivity index (χ4n) is 3.31. The Hall–Kier alpha value is -3.41. The number of aromatic hydroxyl groups is 1. The van der Waals surface area contributed by atoms with Crippen molar-refractivity contribution in [2.24, 2.45) is 0 Å². The van der Waals surface area contributed by atoms with Gasteiger partial charge < -0.3 is 14.2 Å². The molecule has 136 valence electrons. The maximum atomic E-state index is 13.0. The lowest BCUT2D eigenvalue weighted by Crippen LogP contribution is -2.21. The van der Waals surface area contributed by atoms with Crippen LogP contribution in [0.15, 0.2) is 51.8 Å². The van der Waals surface area contributed by atoms with E-state index in [0.29, 0.717) is 23.3 Å². The molecule has 0 aliphatic rings. The Kier molecular flexibility index (Phi) is 4.03. The smallest absolute Gasteiger partial charge is 0.267 e. The van der Waals surface area contributed by atoms with Gasteiger partial charge in [-0.3, -0.25) is 4.79 Å². The molecule has 0 saturated carbocycles. The van der Waals surface area contributed by atoms with Crippen molar-refractivity contribution in [2.75, 3.05) is 0 Å². The molecule has 1 N–H and O–H groups in total. The predicted molar refractivity (Wildman–Crippen MR) is 104 cm³/mol. The van der Waals surface area contributed by atoms with Crippen molar-refractivity contribution in [1.82, 2.24) is 14.7 Å². The third-order valence-corrected chi connectivity index (χ3v) is 4.74. The first-order chi connectivity index (χ1) is 13.0. The highest BCUT2D eigenvalue weighted by molar-refractivity contribution is 5.91. The summed E-state index contributed by atoms with van der Waals surface area (Å²) in [6, 6.07) is 13.2. The van der Waals surface area contributed by atoms with Gasteiger partial charge in [0.15, 0.2) is 0 Å². The highest BCUT2D eigenvalue weighted by Gasteiger charge is 2.23. The first-order valence-electron chi connectivity index (χ1n) is 8.77. The lowest BCUT2D eigenvalue weighted by Gasteiger charge is -2.11. The lowest BCUT2D eigenvalue weighted by atomic mass is 10.1. The summed E-state index contributed by atoms with van der Waals surface area (Å²) >= 11 is 0. The minimum atomic E-state index is -0.357. The molecule has 0 bridgehead atoms. The third-order valence-electron chi connectivity index (χ3n) is 4.74. The summed E-state index contributed by atoms with van der Waals surface area (Å²) in [5, 5.41) is 15.3. The number of hydrogen-bond acceptors (Lipinski definition) is 5. The van der Waals surface area contributed by atoms with Crippen LogP contribution in [-0.2, 0) is 6.54 Å². The van der Waals surface area contributed by atoms with Gasteiger partial charge >= 0.3 is 0 Å². The Morgan fingerprint density at radius 2 is 1.93 bits per heavy atom. The number of hydrogen-bond donors (Lipinski definition) is 1. The molecule has 0 aliphatic heterocycles. The summed E-state index contributed by atoms with van der Waals surface area (Å²) in [7, 11) is 0. The van der Waals surface area contributed by atoms with Gasteiger partial charge in [0.1, 0.15) is 11.3 Å². The molecule has 0 amide bonds. The van der Waals surface area contributed by atoms with E-state index in [0.717, 1.165) is 16.7 Å². The summed E-state index contributed by atoms with van der Waals surface area (Å²) in [6.07, 6.45) is 0. The average molecular weight is 361 g/mol. The van der Waals surface area contributed by atoms with Crippen LogP contribution >= 0.6 is 0 Å². The Bertz CT molecular complexity index is 1220. The molecular formula is C21H19N3O3. The van der Waals surface area contributed by atoms with Crippen molar-refractivity contribution >= 4 is 10.9 Å². The van der Waals surface area contributed by atoms with Gasteiger partial charge in [0.05, 0.1) is 5.52 Å². The van der Waals surface area contributed by atoms with E-state index in [-0.39, 0.29) is 22.8 Å². The molecule has 0 spiro atoms. The van der Waals surface area contributed by atoms with E-state index >= 15 is 0 Å². The number of aryl methyl sites for hydroxylation is 3. The van der Waals surface area contributed by atoms with Crippen molar-refractivity contribution in [3.05, 3.63) is 63.9 Å². The zero-order chi connectivity index (χ0) is 19.1. The van der Waals surface area contributed by atoms with Crippen LogP contribution in [0, 0.1) is 13.8 Å². The quantitative estimate of drug-likeness (QED) is 0.595. The maximum Gasteiger partial charge on any atom is 0.267 e. The second-order valence-corrected chi connectivity index (χ2v) is 6.53. The van der Waals surface area contributed by atoms with E-state index in [1.807, 2.05) is 51.1 Å². The first-order valence-corrected chi connectivity index (χ1v) is 8.77. The molecule has 6 heteroatoms. The second kappa shape index (κ2) is 6.39. The number of pyridine rings is 1. The van der Waals surface area contributed by atoms with Crippen LogP contribution in [0.5, 0.6) is 5.75 Å². The van der Waals surface area contributed by atoms with Crippen LogP contribution < -0.4 is 5.56 Å². The fraction of sp³-hybridized carbons (Fsp3) is 0.190. The Morgan fingerprint density at radius 3 is 2.70 bits per heavy atom. The Balaban J connectivity index is 1.95. The number of fused-ring (bicyclic) bond motifs is 1. The largest absolute Gasteiger partial charge is 0.506 e. The van der Waals surface area contributed by atoms with E-state index in [1.54, 1.807) is 16.7 Å². The number of aromatic nitrogens is 3. The number of nitrogens with zero attached hydrogens (tertiary/aromatic N) is 3. The van der Waals surface area contributed by atoms with E-state index in [4.69, 9.17) is 4.52 Å². The zero-order valence-electron chi connectivity index (χ0n) is 15.4. The predicted octanol–water partition coefficient (Wildman–Crippen LogP) is 4.06. The molecule has 4 aromatic rings. The monoisotopic (exact) mass is 361 g/mol. The number of para-hydroxylation sites is 1. The third kappa shape index (κ3) is 2.70. The molecule has 4 rings (SSSR count). The van der Waals surface area contributed by atoms with Gasteiger partial charge in [-0.15, -0.1) is 0 Å². The fourth-order valence-corrected chi connectivity index (χ4v) is 3.31. The van der Waals surface area contributed by atoms with Crippen molar-refractivity contribution < 1.29 is 9.63 Å². The summed E-state index contributed by atoms with van der Waals surface area (Å²) in [6.45, 7) is 6.29. The molecule has 0 radical (unpaired) electrons. The van der Waals surface area contributed by atoms with Gasteiger partial charge in [-0.25, -0.2) is 0 Å². The summed E-state index contributed by atoms with van der Waals surface area (Å²) in [4.78, 5) is 17.4. The maximum absolute atomic E-state index is 13.0. The minimum absolute atomic E-state index is 0.0151. The van der Waals surface area contributed by atoms with Gasteiger partial charge in [0.25, 0.3) is 11.4 Å². The molecule has 6 nitrogen and oxygen atoms in total. The van der Waals surface area contributed by atoms with Crippen LogP contribution in [0.2, 0.25) is 0 Å². The van der Waals surface area contributed by atoms with Crippen LogP contribution in [0.1, 0.15) is 18.1 Å². The van der Waals surface area contributed by atoms with Crippen LogP contribution in [0.25, 0.3) is 33.7 Å². The van der Waals surface area contributed by atoms with E-state index < -0.39 is 0 Å². The van der Waals surface area contributed by atoms with Gasteiger partial charge in [-0.1, -0.05) is 35.0 Å². The van der Waals surface area contributed by atoms with Gasteiger partial charge in [-0.2, -0.15) is 4.98 Å². The van der Waals surface area contributed by atoms with Crippen LogP contribution in [-0.4, -0.2) is 19.8 Å². The topological polar surface area (TPSA) is 81.2 Å². The van der Waals surface area contributed by atoms with Crippen LogP contribution in [0.4, 0.5) is 0 Å². The Labute approximate surface area is 155 Å². The standard InChI is InChI=1S/C21H19N3O3/c1-4-24-16-8-6-5-7-14(16)18(25)17(21(24)26)20-22-19(23-27-20)15-11-12(2)9-10-13(15)3/h5-11,25H,4H2,1-3H3. The van der Waals surface area contributed by atoms with Gasteiger partial charge in [0, 0.05) is 17.5 Å². The molecule has 0 saturated heterocycles. The van der Waals surface area contributed by atoms with Crippen molar-refractivity contribution in [3.8, 4) is 28.6 Å². The molecule has 2 aromatic heterocycles. The number of benzene rings is 2. The highest BCUT2D eigenvalue weighted by atomic mass is 16.5. The average Bonchev–Trinajstić information content (AvgIpc) is 3.14. The van der Waals surface area contributed by atoms with Crippen molar-refractivity contribution in [2.45, 2.75) is 27.3 Å².